The fraction of sp³-hybridized carbons (Fsp3) is 1.00. The summed E-state index contributed by atoms with van der Waals surface area (Å²) in [6.45, 7) is 4.44. The molecule has 0 amide bonds. The van der Waals surface area contributed by atoms with Crippen molar-refractivity contribution in [3.8, 4) is 0 Å². The van der Waals surface area contributed by atoms with E-state index in [-0.39, 0.29) is 12.5 Å². The number of rotatable bonds is 3. The molecule has 0 aliphatic carbocycles. The molecule has 0 radical (unpaired) electrons. The third kappa shape index (κ3) is 3.95. The molecule has 74 valence electrons. The predicted molar refractivity (Wildman–Crippen MR) is 40.7 cm³/mol. The van der Waals surface area contributed by atoms with Crippen LogP contribution < -0.4 is 0 Å². The Morgan fingerprint density at radius 3 is 1.92 bits per heavy atom. The molecular formula is C8H15F3O. The lowest BCUT2D eigenvalue weighted by molar-refractivity contribution is -0.161. The molecule has 0 saturated carbocycles. The Labute approximate surface area is 70.6 Å². The first kappa shape index (κ1) is 11.8. The Hall–Kier alpha value is -0.250. The highest BCUT2D eigenvalue weighted by atomic mass is 19.4. The number of aliphatic hydroxyl groups excluding tert-OH is 1. The van der Waals surface area contributed by atoms with Gasteiger partial charge in [0, 0.05) is 13.0 Å². The van der Waals surface area contributed by atoms with Gasteiger partial charge in [-0.15, -0.1) is 0 Å². The first-order valence-corrected chi connectivity index (χ1v) is 3.86. The lowest BCUT2D eigenvalue weighted by Crippen LogP contribution is -2.30. The largest absolute Gasteiger partial charge is 0.396 e. The van der Waals surface area contributed by atoms with Gasteiger partial charge >= 0.3 is 6.18 Å². The van der Waals surface area contributed by atoms with E-state index in [1.54, 1.807) is 6.92 Å². The van der Waals surface area contributed by atoms with Crippen molar-refractivity contribution in [3.05, 3.63) is 0 Å². The Bertz CT molecular complexity index is 140. The van der Waals surface area contributed by atoms with Crippen LogP contribution in [-0.4, -0.2) is 17.9 Å². The summed E-state index contributed by atoms with van der Waals surface area (Å²) >= 11 is 0. The molecule has 0 rings (SSSR count). The van der Waals surface area contributed by atoms with Crippen LogP contribution >= 0.6 is 0 Å². The van der Waals surface area contributed by atoms with Crippen LogP contribution in [0.1, 0.15) is 27.2 Å². The maximum absolute atomic E-state index is 12.0. The van der Waals surface area contributed by atoms with Crippen molar-refractivity contribution < 1.29 is 18.3 Å². The zero-order valence-corrected chi connectivity index (χ0v) is 7.57. The molecule has 1 atom stereocenters. The van der Waals surface area contributed by atoms with Gasteiger partial charge in [0.25, 0.3) is 0 Å². The molecule has 0 aliphatic rings. The Morgan fingerprint density at radius 1 is 1.25 bits per heavy atom. The second-order valence-electron chi connectivity index (χ2n) is 3.86. The van der Waals surface area contributed by atoms with Crippen LogP contribution in [0.2, 0.25) is 0 Å². The van der Waals surface area contributed by atoms with Crippen LogP contribution in [-0.2, 0) is 0 Å². The van der Waals surface area contributed by atoms with Gasteiger partial charge in [-0.25, -0.2) is 0 Å². The average molecular weight is 184 g/mol. The van der Waals surface area contributed by atoms with E-state index in [2.05, 4.69) is 0 Å². The van der Waals surface area contributed by atoms with Crippen molar-refractivity contribution in [3.63, 3.8) is 0 Å². The zero-order chi connectivity index (χ0) is 9.99. The minimum absolute atomic E-state index is 0.205. The standard InChI is InChI=1S/C8H15F3O/c1-6(4-12)7(2,3)5-8(9,10)11/h6,12H,4-5H2,1-3H3/t6-/m1/s1. The molecule has 0 aromatic carbocycles. The van der Waals surface area contributed by atoms with Gasteiger partial charge in [0.15, 0.2) is 0 Å². The maximum atomic E-state index is 12.0. The molecule has 1 nitrogen and oxygen atoms in total. The van der Waals surface area contributed by atoms with E-state index in [4.69, 9.17) is 5.11 Å². The van der Waals surface area contributed by atoms with Crippen LogP contribution in [0.15, 0.2) is 0 Å². The quantitative estimate of drug-likeness (QED) is 0.714. The number of aliphatic hydroxyl groups is 1. The molecule has 12 heavy (non-hydrogen) atoms. The molecule has 4 heteroatoms. The van der Waals surface area contributed by atoms with Crippen LogP contribution in [0, 0.1) is 11.3 Å². The van der Waals surface area contributed by atoms with Crippen LogP contribution in [0.4, 0.5) is 13.2 Å². The highest BCUT2D eigenvalue weighted by molar-refractivity contribution is 4.77. The summed E-state index contributed by atoms with van der Waals surface area (Å²) in [7, 11) is 0. The SMILES string of the molecule is C[C@H](CO)C(C)(C)CC(F)(F)F. The van der Waals surface area contributed by atoms with Gasteiger partial charge < -0.3 is 5.11 Å². The van der Waals surface area contributed by atoms with E-state index >= 15 is 0 Å². The maximum Gasteiger partial charge on any atom is 0.389 e. The molecule has 0 unspecified atom stereocenters. The van der Waals surface area contributed by atoms with E-state index in [1.165, 1.54) is 13.8 Å². The zero-order valence-electron chi connectivity index (χ0n) is 7.57. The van der Waals surface area contributed by atoms with Crippen LogP contribution in [0.3, 0.4) is 0 Å². The summed E-state index contributed by atoms with van der Waals surface area (Å²) in [5.41, 5.74) is -0.882. The molecule has 0 fully saturated rings. The molecule has 0 bridgehead atoms. The third-order valence-electron chi connectivity index (χ3n) is 2.26. The van der Waals surface area contributed by atoms with Crippen molar-refractivity contribution >= 4 is 0 Å². The molecule has 1 N–H and O–H groups in total. The van der Waals surface area contributed by atoms with E-state index in [0.717, 1.165) is 0 Å². The van der Waals surface area contributed by atoms with Crippen molar-refractivity contribution in [2.45, 2.75) is 33.4 Å². The van der Waals surface area contributed by atoms with Crippen molar-refractivity contribution in [1.82, 2.24) is 0 Å². The molecule has 0 saturated heterocycles. The molecule has 0 spiro atoms. The highest BCUT2D eigenvalue weighted by Crippen LogP contribution is 2.38. The number of alkyl halides is 3. The first-order valence-electron chi connectivity index (χ1n) is 3.86. The van der Waals surface area contributed by atoms with Gasteiger partial charge in [0.1, 0.15) is 0 Å². The normalized spacial score (nSPS) is 16.2. The smallest absolute Gasteiger partial charge is 0.389 e. The molecule has 0 aliphatic heterocycles. The summed E-state index contributed by atoms with van der Waals surface area (Å²) in [6, 6.07) is 0. The molecular weight excluding hydrogens is 169 g/mol. The topological polar surface area (TPSA) is 20.2 Å². The minimum atomic E-state index is -4.15. The van der Waals surface area contributed by atoms with E-state index in [0.29, 0.717) is 0 Å². The monoisotopic (exact) mass is 184 g/mol. The summed E-state index contributed by atoms with van der Waals surface area (Å²) in [4.78, 5) is 0. The fourth-order valence-electron chi connectivity index (χ4n) is 0.938. The Balaban J connectivity index is 4.22. The van der Waals surface area contributed by atoms with Crippen molar-refractivity contribution in [2.75, 3.05) is 6.61 Å². The van der Waals surface area contributed by atoms with E-state index in [9.17, 15) is 13.2 Å². The van der Waals surface area contributed by atoms with Gasteiger partial charge in [-0.05, 0) is 11.3 Å². The van der Waals surface area contributed by atoms with Crippen LogP contribution in [0.25, 0.3) is 0 Å². The Kier molecular flexibility index (Phi) is 3.57. The summed E-state index contributed by atoms with van der Waals surface area (Å²) in [5, 5.41) is 8.70. The number of hydrogen-bond acceptors (Lipinski definition) is 1. The van der Waals surface area contributed by atoms with Gasteiger partial charge in [-0.3, -0.25) is 0 Å². The van der Waals surface area contributed by atoms with E-state index < -0.39 is 18.0 Å². The summed E-state index contributed by atoms with van der Waals surface area (Å²) in [6.07, 6.45) is -4.99. The van der Waals surface area contributed by atoms with Crippen molar-refractivity contribution in [1.29, 1.82) is 0 Å². The summed E-state index contributed by atoms with van der Waals surface area (Å²) in [5.74, 6) is -0.334. The molecule has 0 heterocycles. The second kappa shape index (κ2) is 3.64. The third-order valence-corrected chi connectivity index (χ3v) is 2.26. The molecule has 0 aromatic rings. The Morgan fingerprint density at radius 2 is 1.67 bits per heavy atom. The number of hydrogen-bond donors (Lipinski definition) is 1. The van der Waals surface area contributed by atoms with E-state index in [1.807, 2.05) is 0 Å². The van der Waals surface area contributed by atoms with Gasteiger partial charge in [-0.1, -0.05) is 20.8 Å². The molecule has 0 aromatic heterocycles. The van der Waals surface area contributed by atoms with Gasteiger partial charge in [-0.2, -0.15) is 13.2 Å². The highest BCUT2D eigenvalue weighted by Gasteiger charge is 2.39. The van der Waals surface area contributed by atoms with Crippen molar-refractivity contribution in [2.24, 2.45) is 11.3 Å². The predicted octanol–water partition coefficient (Wildman–Crippen LogP) is 2.59. The fourth-order valence-corrected chi connectivity index (χ4v) is 0.938. The lowest BCUT2D eigenvalue weighted by Gasteiger charge is -2.31. The number of halogens is 3. The second-order valence-corrected chi connectivity index (χ2v) is 3.86. The minimum Gasteiger partial charge on any atom is -0.396 e. The average Bonchev–Trinajstić information content (AvgIpc) is 1.80. The summed E-state index contributed by atoms with van der Waals surface area (Å²) < 4.78 is 35.9. The van der Waals surface area contributed by atoms with Gasteiger partial charge in [0.2, 0.25) is 0 Å². The van der Waals surface area contributed by atoms with Gasteiger partial charge in [0.05, 0.1) is 0 Å². The lowest BCUT2D eigenvalue weighted by atomic mass is 9.77. The van der Waals surface area contributed by atoms with Crippen LogP contribution in [0.5, 0.6) is 0 Å². The first-order chi connectivity index (χ1) is 5.19.